The van der Waals surface area contributed by atoms with Gasteiger partial charge < -0.3 is 4.98 Å². The largest absolute Gasteiger partial charge is 0.345 e. The molecule has 0 atom stereocenters. The molecule has 0 spiro atoms. The summed E-state index contributed by atoms with van der Waals surface area (Å²) in [4.78, 5) is 7.92. The van der Waals surface area contributed by atoms with E-state index in [1.165, 1.54) is 0 Å². The van der Waals surface area contributed by atoms with Crippen LogP contribution in [-0.4, -0.2) is 9.97 Å². The highest BCUT2D eigenvalue weighted by Crippen LogP contribution is 2.35. The molecule has 0 aliphatic rings. The first-order valence-corrected chi connectivity index (χ1v) is 8.40. The van der Waals surface area contributed by atoms with Gasteiger partial charge in [0.15, 0.2) is 0 Å². The predicted octanol–water partition coefficient (Wildman–Crippen LogP) is 6.59. The Morgan fingerprint density at radius 3 is 2.26 bits per heavy atom. The maximum absolute atomic E-state index is 6.27. The molecule has 0 bridgehead atoms. The van der Waals surface area contributed by atoms with Gasteiger partial charge in [-0.2, -0.15) is 0 Å². The maximum atomic E-state index is 6.27. The van der Waals surface area contributed by atoms with Gasteiger partial charge in [-0.05, 0) is 36.8 Å². The van der Waals surface area contributed by atoms with E-state index in [0.29, 0.717) is 26.5 Å². The third-order valence-corrected chi connectivity index (χ3v) is 4.86. The molecule has 0 saturated carbocycles. The molecule has 0 fully saturated rings. The van der Waals surface area contributed by atoms with Crippen LogP contribution in [0.15, 0.2) is 36.4 Å². The van der Waals surface area contributed by atoms with Crippen molar-refractivity contribution in [3.05, 3.63) is 73.6 Å². The molecule has 2 nitrogen and oxygen atoms in total. The first kappa shape index (κ1) is 16.7. The summed E-state index contributed by atoms with van der Waals surface area (Å²) in [5.74, 6) is 0.812. The minimum absolute atomic E-state index is 0.529. The van der Waals surface area contributed by atoms with Crippen LogP contribution >= 0.6 is 46.4 Å². The summed E-state index contributed by atoms with van der Waals surface area (Å²) in [5.41, 5.74) is 3.43. The number of H-pyrrole nitrogens is 1. The monoisotopic (exact) mass is 384 g/mol. The molecule has 1 heterocycles. The molecule has 1 aromatic heterocycles. The minimum Gasteiger partial charge on any atom is -0.345 e. The van der Waals surface area contributed by atoms with Crippen molar-refractivity contribution in [3.8, 4) is 11.3 Å². The Balaban J connectivity index is 1.96. The second-order valence-corrected chi connectivity index (χ2v) is 6.81. The fraction of sp³-hybridized carbons (Fsp3) is 0.118. The van der Waals surface area contributed by atoms with Crippen molar-refractivity contribution in [1.29, 1.82) is 0 Å². The molecule has 0 aliphatic heterocycles. The van der Waals surface area contributed by atoms with Crippen molar-refractivity contribution < 1.29 is 0 Å². The van der Waals surface area contributed by atoms with Crippen molar-refractivity contribution in [1.82, 2.24) is 9.97 Å². The van der Waals surface area contributed by atoms with Crippen LogP contribution in [0.2, 0.25) is 20.1 Å². The van der Waals surface area contributed by atoms with Crippen molar-refractivity contribution in [3.63, 3.8) is 0 Å². The van der Waals surface area contributed by atoms with E-state index in [-0.39, 0.29) is 0 Å². The molecule has 3 aromatic rings. The van der Waals surface area contributed by atoms with E-state index in [9.17, 15) is 0 Å². The molecule has 1 N–H and O–H groups in total. The smallest absolute Gasteiger partial charge is 0.111 e. The van der Waals surface area contributed by atoms with Gasteiger partial charge in [-0.1, -0.05) is 58.5 Å². The predicted molar refractivity (Wildman–Crippen MR) is 98.0 cm³/mol. The van der Waals surface area contributed by atoms with Gasteiger partial charge in [0.1, 0.15) is 5.82 Å². The summed E-state index contributed by atoms with van der Waals surface area (Å²) in [7, 11) is 0. The normalized spacial score (nSPS) is 11.0. The number of aryl methyl sites for hydroxylation is 1. The molecular formula is C17H12Cl4N2. The van der Waals surface area contributed by atoms with E-state index in [1.807, 2.05) is 25.1 Å². The number of hydrogen-bond donors (Lipinski definition) is 1. The van der Waals surface area contributed by atoms with Crippen molar-refractivity contribution >= 4 is 46.4 Å². The molecule has 0 aliphatic carbocycles. The summed E-state index contributed by atoms with van der Waals surface area (Å²) in [6.07, 6.45) is 0.611. The Morgan fingerprint density at radius 2 is 1.61 bits per heavy atom. The zero-order valence-corrected chi connectivity index (χ0v) is 15.2. The van der Waals surface area contributed by atoms with Gasteiger partial charge >= 0.3 is 0 Å². The van der Waals surface area contributed by atoms with E-state index < -0.39 is 0 Å². The number of hydrogen-bond acceptors (Lipinski definition) is 1. The van der Waals surface area contributed by atoms with Crippen molar-refractivity contribution in [2.75, 3.05) is 0 Å². The lowest BCUT2D eigenvalue weighted by atomic mass is 10.1. The van der Waals surface area contributed by atoms with E-state index in [2.05, 4.69) is 9.97 Å². The van der Waals surface area contributed by atoms with E-state index in [0.717, 1.165) is 28.3 Å². The highest BCUT2D eigenvalue weighted by molar-refractivity contribution is 6.42. The summed E-state index contributed by atoms with van der Waals surface area (Å²) >= 11 is 24.5. The zero-order valence-electron chi connectivity index (χ0n) is 12.1. The number of rotatable bonds is 3. The van der Waals surface area contributed by atoms with Crippen LogP contribution in [0.25, 0.3) is 11.3 Å². The first-order chi connectivity index (χ1) is 11.0. The third-order valence-electron chi connectivity index (χ3n) is 3.49. The van der Waals surface area contributed by atoms with E-state index >= 15 is 0 Å². The average Bonchev–Trinajstić information content (AvgIpc) is 2.83. The molecule has 0 saturated heterocycles. The number of nitrogens with one attached hydrogen (secondary N) is 1. The lowest BCUT2D eigenvalue weighted by Gasteiger charge is -2.04. The highest BCUT2D eigenvalue weighted by atomic mass is 35.5. The first-order valence-electron chi connectivity index (χ1n) is 6.89. The van der Waals surface area contributed by atoms with E-state index in [1.54, 1.807) is 18.2 Å². The number of aromatic amines is 1. The molecule has 118 valence electrons. The van der Waals surface area contributed by atoms with Gasteiger partial charge in [-0.15, -0.1) is 0 Å². The number of halogens is 4. The van der Waals surface area contributed by atoms with Gasteiger partial charge in [0.25, 0.3) is 0 Å². The average molecular weight is 386 g/mol. The summed E-state index contributed by atoms with van der Waals surface area (Å²) in [6.45, 7) is 1.94. The van der Waals surface area contributed by atoms with Gasteiger partial charge in [0.2, 0.25) is 0 Å². The molecule has 0 radical (unpaired) electrons. The highest BCUT2D eigenvalue weighted by Gasteiger charge is 2.15. The molecule has 23 heavy (non-hydrogen) atoms. The number of aromatic nitrogens is 2. The second-order valence-electron chi connectivity index (χ2n) is 5.18. The summed E-state index contributed by atoms with van der Waals surface area (Å²) in [6, 6.07) is 11.0. The second kappa shape index (κ2) is 6.74. The maximum Gasteiger partial charge on any atom is 0.111 e. The third kappa shape index (κ3) is 3.51. The van der Waals surface area contributed by atoms with Crippen LogP contribution in [0.3, 0.4) is 0 Å². The number of imidazole rings is 1. The van der Waals surface area contributed by atoms with Crippen LogP contribution in [0.5, 0.6) is 0 Å². The summed E-state index contributed by atoms with van der Waals surface area (Å²) < 4.78 is 0. The molecule has 6 heteroatoms. The molecular weight excluding hydrogens is 374 g/mol. The van der Waals surface area contributed by atoms with Crippen molar-refractivity contribution in [2.24, 2.45) is 0 Å². The lowest BCUT2D eigenvalue weighted by Crippen LogP contribution is -1.91. The summed E-state index contributed by atoms with van der Waals surface area (Å²) in [5, 5.41) is 2.22. The molecule has 0 amide bonds. The van der Waals surface area contributed by atoms with Crippen LogP contribution < -0.4 is 0 Å². The fourth-order valence-corrected chi connectivity index (χ4v) is 3.31. The Kier molecular flexibility index (Phi) is 4.88. The quantitative estimate of drug-likeness (QED) is 0.541. The van der Waals surface area contributed by atoms with E-state index in [4.69, 9.17) is 46.4 Å². The minimum atomic E-state index is 0.529. The Bertz CT molecular complexity index is 851. The van der Waals surface area contributed by atoms with Crippen LogP contribution in [0, 0.1) is 6.92 Å². The molecule has 2 aromatic carbocycles. The van der Waals surface area contributed by atoms with Crippen LogP contribution in [0.4, 0.5) is 0 Å². The molecule has 0 unspecified atom stereocenters. The van der Waals surface area contributed by atoms with Gasteiger partial charge in [0.05, 0.1) is 25.8 Å². The zero-order chi connectivity index (χ0) is 16.6. The topological polar surface area (TPSA) is 28.7 Å². The number of nitrogens with zero attached hydrogens (tertiary/aromatic N) is 1. The molecule has 3 rings (SSSR count). The Hall–Kier alpha value is -1.19. The van der Waals surface area contributed by atoms with Gasteiger partial charge in [-0.3, -0.25) is 0 Å². The Labute approximate surface area is 154 Å². The van der Waals surface area contributed by atoms with Crippen molar-refractivity contribution in [2.45, 2.75) is 13.3 Å². The Morgan fingerprint density at radius 1 is 0.913 bits per heavy atom. The number of benzene rings is 2. The lowest BCUT2D eigenvalue weighted by molar-refractivity contribution is 1.02. The van der Waals surface area contributed by atoms with Gasteiger partial charge in [0, 0.05) is 17.7 Å². The fourth-order valence-electron chi connectivity index (χ4n) is 2.42. The van der Waals surface area contributed by atoms with Crippen LogP contribution in [-0.2, 0) is 6.42 Å². The standard InChI is InChI=1S/C17H12Cl4N2/c1-9-17(16-12(19)3-2-4-13(16)20)23-15(22-9)8-10-5-6-11(18)14(21)7-10/h2-7H,8H2,1H3,(H,22,23). The van der Waals surface area contributed by atoms with Gasteiger partial charge in [-0.25, -0.2) is 4.98 Å². The van der Waals surface area contributed by atoms with Crippen LogP contribution in [0.1, 0.15) is 17.1 Å². The SMILES string of the molecule is Cc1[nH]c(Cc2ccc(Cl)c(Cl)c2)nc1-c1c(Cl)cccc1Cl.